The molecule has 6 nitrogen and oxygen atoms in total. The Hall–Kier alpha value is -1.87. The van der Waals surface area contributed by atoms with Crippen LogP contribution in [-0.2, 0) is 31.6 Å². The van der Waals surface area contributed by atoms with E-state index in [1.165, 1.54) is 11.1 Å². The topological polar surface area (TPSA) is 71.1 Å². The average molecular weight is 549 g/mol. The molecule has 2 atom stereocenters. The summed E-state index contributed by atoms with van der Waals surface area (Å²) in [5.41, 5.74) is 4.57. The summed E-state index contributed by atoms with van der Waals surface area (Å²) in [6, 6.07) is 12.6. The van der Waals surface area contributed by atoms with Crippen molar-refractivity contribution in [1.29, 1.82) is 0 Å². The van der Waals surface area contributed by atoms with E-state index in [0.717, 1.165) is 36.6 Å². The zero-order valence-corrected chi connectivity index (χ0v) is 25.7. The summed E-state index contributed by atoms with van der Waals surface area (Å²) in [4.78, 5) is 0. The number of rotatable bonds is 11. The van der Waals surface area contributed by atoms with E-state index >= 15 is 0 Å². The molecule has 0 amide bonds. The van der Waals surface area contributed by atoms with Crippen LogP contribution in [0, 0.1) is 18.8 Å². The number of fused-ring (bicyclic) bond motifs is 1. The maximum absolute atomic E-state index is 12.1. The van der Waals surface area contributed by atoms with Crippen LogP contribution in [0.4, 0.5) is 0 Å². The zero-order chi connectivity index (χ0) is 27.6. The third-order valence-corrected chi connectivity index (χ3v) is 13.0. The van der Waals surface area contributed by atoms with Crippen molar-refractivity contribution in [1.82, 2.24) is 0 Å². The maximum Gasteiger partial charge on any atom is 0.264 e. The van der Waals surface area contributed by atoms with Crippen molar-refractivity contribution in [2.24, 2.45) is 11.8 Å². The Morgan fingerprint density at radius 3 is 1.95 bits per heavy atom. The van der Waals surface area contributed by atoms with Gasteiger partial charge in [-0.3, -0.25) is 4.18 Å². The molecule has 1 aliphatic rings. The highest BCUT2D eigenvalue weighted by Crippen LogP contribution is 2.45. The van der Waals surface area contributed by atoms with E-state index in [9.17, 15) is 8.42 Å². The zero-order valence-electron chi connectivity index (χ0n) is 23.9. The van der Waals surface area contributed by atoms with Crippen molar-refractivity contribution in [2.75, 3.05) is 27.1 Å². The van der Waals surface area contributed by atoms with Crippen LogP contribution >= 0.6 is 0 Å². The lowest BCUT2D eigenvalue weighted by Crippen LogP contribution is -2.44. The van der Waals surface area contributed by atoms with Crippen molar-refractivity contribution in [3.8, 4) is 11.5 Å². The van der Waals surface area contributed by atoms with Gasteiger partial charge in [-0.15, -0.1) is 0 Å². The molecule has 3 rings (SSSR count). The monoisotopic (exact) mass is 548 g/mol. The normalized spacial score (nSPS) is 16.4. The van der Waals surface area contributed by atoms with Gasteiger partial charge in [0.25, 0.3) is 10.1 Å². The molecule has 2 aromatic rings. The Kier molecular flexibility index (Phi) is 9.21. The third kappa shape index (κ3) is 7.37. The van der Waals surface area contributed by atoms with Gasteiger partial charge >= 0.3 is 0 Å². The molecule has 0 aromatic heterocycles. The van der Waals surface area contributed by atoms with Crippen LogP contribution in [-0.4, -0.2) is 43.8 Å². The van der Waals surface area contributed by atoms with Crippen LogP contribution in [0.15, 0.2) is 36.4 Å². The Labute approximate surface area is 224 Å². The minimum atomic E-state index is -3.62. The molecule has 0 heterocycles. The minimum Gasteiger partial charge on any atom is -0.496 e. The van der Waals surface area contributed by atoms with E-state index in [4.69, 9.17) is 18.1 Å². The molecule has 0 fully saturated rings. The van der Waals surface area contributed by atoms with Gasteiger partial charge in [0.2, 0.25) is 0 Å². The summed E-state index contributed by atoms with van der Waals surface area (Å²) >= 11 is 0. The lowest BCUT2D eigenvalue weighted by atomic mass is 9.86. The number of hydrogen-bond donors (Lipinski definition) is 0. The number of ether oxygens (including phenoxy) is 2. The second-order valence-corrected chi connectivity index (χ2v) is 18.3. The summed E-state index contributed by atoms with van der Waals surface area (Å²) in [6.45, 7) is 13.1. The molecule has 0 saturated carbocycles. The lowest BCUT2D eigenvalue weighted by molar-refractivity contribution is 0.0697. The van der Waals surface area contributed by atoms with Crippen molar-refractivity contribution < 1.29 is 26.5 Å². The SMILES string of the molecule is COc1cc(C(O[Si](C)(C)C(C)(C)C)C(COS(C)(=O)=O)CC2Cc3ccccc3C2)cc(OC)c1C. The van der Waals surface area contributed by atoms with Crippen molar-refractivity contribution in [3.05, 3.63) is 58.7 Å². The lowest BCUT2D eigenvalue weighted by Gasteiger charge is -2.42. The van der Waals surface area contributed by atoms with Gasteiger partial charge in [0.1, 0.15) is 11.5 Å². The molecule has 0 N–H and O–H groups in total. The largest absolute Gasteiger partial charge is 0.496 e. The van der Waals surface area contributed by atoms with Gasteiger partial charge in [0.15, 0.2) is 8.32 Å². The van der Waals surface area contributed by atoms with E-state index in [-0.39, 0.29) is 23.7 Å². The summed E-state index contributed by atoms with van der Waals surface area (Å²) in [6.07, 6.45) is 3.45. The average Bonchev–Trinajstić information content (AvgIpc) is 3.22. The van der Waals surface area contributed by atoms with E-state index in [1.54, 1.807) is 14.2 Å². The van der Waals surface area contributed by atoms with Crippen LogP contribution < -0.4 is 9.47 Å². The van der Waals surface area contributed by atoms with Crippen LogP contribution in [0.3, 0.4) is 0 Å². The second kappa shape index (κ2) is 11.5. The van der Waals surface area contributed by atoms with Crippen LogP contribution in [0.2, 0.25) is 18.1 Å². The molecule has 0 spiro atoms. The van der Waals surface area contributed by atoms with Crippen LogP contribution in [0.5, 0.6) is 11.5 Å². The van der Waals surface area contributed by atoms with Crippen molar-refractivity contribution in [2.45, 2.75) is 71.2 Å². The Balaban J connectivity index is 2.07. The number of hydrogen-bond acceptors (Lipinski definition) is 6. The standard InChI is InChI=1S/C29H44O6SSi/c1-20-26(32-5)17-24(18-27(20)33-6)28(35-37(8,9)29(2,3)4)25(19-34-36(7,30)31)16-21-14-22-12-10-11-13-23(22)15-21/h10-13,17-18,21,25,28H,14-16,19H2,1-9H3. The van der Waals surface area contributed by atoms with Gasteiger partial charge in [-0.05, 0) is 79.1 Å². The van der Waals surface area contributed by atoms with Gasteiger partial charge in [-0.25, -0.2) is 0 Å². The molecular formula is C29H44O6SSi. The molecule has 8 heteroatoms. The Morgan fingerprint density at radius 2 is 1.51 bits per heavy atom. The van der Waals surface area contributed by atoms with Crippen molar-refractivity contribution >= 4 is 18.4 Å². The minimum absolute atomic E-state index is 0.0318. The smallest absolute Gasteiger partial charge is 0.264 e. The first-order valence-corrected chi connectivity index (χ1v) is 17.7. The van der Waals surface area contributed by atoms with Gasteiger partial charge < -0.3 is 13.9 Å². The molecular weight excluding hydrogens is 504 g/mol. The summed E-state index contributed by atoms with van der Waals surface area (Å²) in [5.74, 6) is 1.63. The maximum atomic E-state index is 12.1. The molecule has 0 radical (unpaired) electrons. The number of benzene rings is 2. The third-order valence-electron chi connectivity index (χ3n) is 8.03. The summed E-state index contributed by atoms with van der Waals surface area (Å²) < 4.78 is 48.2. The summed E-state index contributed by atoms with van der Waals surface area (Å²) in [5, 5.41) is -0.0318. The fourth-order valence-corrected chi connectivity index (χ4v) is 6.67. The fourth-order valence-electron chi connectivity index (χ4n) is 4.94. The molecule has 206 valence electrons. The highest BCUT2D eigenvalue weighted by Gasteiger charge is 2.42. The Bertz CT molecular complexity index is 1140. The van der Waals surface area contributed by atoms with Gasteiger partial charge in [-0.1, -0.05) is 45.0 Å². The second-order valence-electron chi connectivity index (χ2n) is 11.9. The van der Waals surface area contributed by atoms with Crippen LogP contribution in [0.1, 0.15) is 55.5 Å². The van der Waals surface area contributed by atoms with E-state index in [2.05, 4.69) is 58.1 Å². The first-order valence-electron chi connectivity index (χ1n) is 13.0. The first-order chi connectivity index (χ1) is 17.1. The van der Waals surface area contributed by atoms with E-state index in [1.807, 2.05) is 19.1 Å². The molecule has 2 unspecified atom stereocenters. The number of methoxy groups -OCH3 is 2. The highest BCUT2D eigenvalue weighted by molar-refractivity contribution is 7.85. The van der Waals surface area contributed by atoms with E-state index < -0.39 is 18.4 Å². The Morgan fingerprint density at radius 1 is 1.00 bits per heavy atom. The fraction of sp³-hybridized carbons (Fsp3) is 0.586. The predicted molar refractivity (Wildman–Crippen MR) is 152 cm³/mol. The van der Waals surface area contributed by atoms with E-state index in [0.29, 0.717) is 17.4 Å². The molecule has 37 heavy (non-hydrogen) atoms. The van der Waals surface area contributed by atoms with Gasteiger partial charge in [0, 0.05) is 11.5 Å². The molecule has 0 bridgehead atoms. The molecule has 0 saturated heterocycles. The quantitative estimate of drug-likeness (QED) is 0.237. The molecule has 2 aromatic carbocycles. The predicted octanol–water partition coefficient (Wildman–Crippen LogP) is 6.47. The van der Waals surface area contributed by atoms with Gasteiger partial charge in [-0.2, -0.15) is 8.42 Å². The van der Waals surface area contributed by atoms with Crippen LogP contribution in [0.25, 0.3) is 0 Å². The highest BCUT2D eigenvalue weighted by atomic mass is 32.2. The molecule has 0 aliphatic heterocycles. The van der Waals surface area contributed by atoms with Gasteiger partial charge in [0.05, 0.1) is 33.2 Å². The first kappa shape index (κ1) is 29.7. The van der Waals surface area contributed by atoms with Crippen molar-refractivity contribution in [3.63, 3.8) is 0 Å². The molecule has 1 aliphatic carbocycles. The summed E-state index contributed by atoms with van der Waals surface area (Å²) in [7, 11) is -2.59.